The van der Waals surface area contributed by atoms with Crippen molar-refractivity contribution in [2.45, 2.75) is 5.38 Å². The maximum atomic E-state index is 11.8. The fraction of sp³-hybridized carbons (Fsp3) is 0.273. The Morgan fingerprint density at radius 3 is 2.39 bits per heavy atom. The van der Waals surface area contributed by atoms with Crippen LogP contribution in [0.3, 0.4) is 0 Å². The lowest BCUT2D eigenvalue weighted by molar-refractivity contribution is -0.140. The second-order valence-electron chi connectivity index (χ2n) is 3.36. The SMILES string of the molecule is COC(=O)C(Cl)CNC(=O)c1cc(Br)cc(Br)c1. The molecule has 7 heteroatoms. The molecule has 0 bridgehead atoms. The van der Waals surface area contributed by atoms with Crippen LogP contribution in [0, 0.1) is 0 Å². The average Bonchev–Trinajstić information content (AvgIpc) is 2.33. The summed E-state index contributed by atoms with van der Waals surface area (Å²) in [4.78, 5) is 22.8. The average molecular weight is 399 g/mol. The van der Waals surface area contributed by atoms with E-state index in [-0.39, 0.29) is 12.5 Å². The van der Waals surface area contributed by atoms with Gasteiger partial charge in [0, 0.05) is 21.1 Å². The lowest BCUT2D eigenvalue weighted by atomic mass is 10.2. The molecular formula is C11H10Br2ClNO3. The molecule has 18 heavy (non-hydrogen) atoms. The molecule has 0 aliphatic heterocycles. The van der Waals surface area contributed by atoms with Crippen LogP contribution in [0.2, 0.25) is 0 Å². The number of rotatable bonds is 4. The van der Waals surface area contributed by atoms with Crippen LogP contribution < -0.4 is 5.32 Å². The van der Waals surface area contributed by atoms with Crippen molar-refractivity contribution in [1.82, 2.24) is 5.32 Å². The molecule has 0 saturated carbocycles. The number of hydrogen-bond donors (Lipinski definition) is 1. The summed E-state index contributed by atoms with van der Waals surface area (Å²) in [6, 6.07) is 5.15. The van der Waals surface area contributed by atoms with E-state index in [1.165, 1.54) is 7.11 Å². The molecule has 1 N–H and O–H groups in total. The van der Waals surface area contributed by atoms with E-state index in [0.717, 1.165) is 8.95 Å². The van der Waals surface area contributed by atoms with E-state index in [2.05, 4.69) is 41.9 Å². The molecule has 0 saturated heterocycles. The minimum Gasteiger partial charge on any atom is -0.468 e. The number of methoxy groups -OCH3 is 1. The maximum absolute atomic E-state index is 11.8. The van der Waals surface area contributed by atoms with Crippen LogP contribution in [0.4, 0.5) is 0 Å². The summed E-state index contributed by atoms with van der Waals surface area (Å²) in [7, 11) is 1.24. The number of nitrogens with one attached hydrogen (secondary N) is 1. The molecule has 98 valence electrons. The van der Waals surface area contributed by atoms with Gasteiger partial charge in [0.1, 0.15) is 5.38 Å². The Kier molecular flexibility index (Phi) is 6.11. The molecule has 1 amide bonds. The Morgan fingerprint density at radius 1 is 1.33 bits per heavy atom. The molecule has 0 aliphatic rings. The van der Waals surface area contributed by atoms with Crippen molar-refractivity contribution in [3.8, 4) is 0 Å². The molecule has 0 heterocycles. The highest BCUT2D eigenvalue weighted by molar-refractivity contribution is 9.11. The number of carbonyl (C=O) groups is 2. The van der Waals surface area contributed by atoms with E-state index in [0.29, 0.717) is 5.56 Å². The number of amides is 1. The molecule has 1 aromatic carbocycles. The summed E-state index contributed by atoms with van der Waals surface area (Å²) >= 11 is 12.3. The Morgan fingerprint density at radius 2 is 1.89 bits per heavy atom. The van der Waals surface area contributed by atoms with Crippen molar-refractivity contribution in [3.05, 3.63) is 32.7 Å². The lowest BCUT2D eigenvalue weighted by Crippen LogP contribution is -2.34. The number of benzene rings is 1. The van der Waals surface area contributed by atoms with Crippen LogP contribution in [0.5, 0.6) is 0 Å². The first-order valence-corrected chi connectivity index (χ1v) is 6.92. The fourth-order valence-electron chi connectivity index (χ4n) is 1.18. The predicted octanol–water partition coefficient (Wildman–Crippen LogP) is 2.72. The number of halogens is 3. The first-order chi connectivity index (χ1) is 8.43. The monoisotopic (exact) mass is 397 g/mol. The number of alkyl halides is 1. The second kappa shape index (κ2) is 7.11. The molecule has 0 radical (unpaired) electrons. The Hall–Kier alpha value is -0.590. The van der Waals surface area contributed by atoms with Crippen LogP contribution in [0.25, 0.3) is 0 Å². The van der Waals surface area contributed by atoms with Crippen LogP contribution in [-0.4, -0.2) is 30.9 Å². The zero-order valence-electron chi connectivity index (χ0n) is 9.38. The molecule has 0 aliphatic carbocycles. The number of ether oxygens (including phenoxy) is 1. The standard InChI is InChI=1S/C11H10Br2ClNO3/c1-18-11(17)9(14)5-15-10(16)6-2-7(12)4-8(13)3-6/h2-4,9H,5H2,1H3,(H,15,16). The zero-order chi connectivity index (χ0) is 13.7. The van der Waals surface area contributed by atoms with Gasteiger partial charge in [0.2, 0.25) is 0 Å². The lowest BCUT2D eigenvalue weighted by Gasteiger charge is -2.09. The third-order valence-electron chi connectivity index (χ3n) is 2.02. The predicted molar refractivity (Wildman–Crippen MR) is 75.8 cm³/mol. The molecule has 1 unspecified atom stereocenters. The van der Waals surface area contributed by atoms with Gasteiger partial charge in [-0.3, -0.25) is 9.59 Å². The quantitative estimate of drug-likeness (QED) is 0.626. The van der Waals surface area contributed by atoms with Gasteiger partial charge in [-0.2, -0.15) is 0 Å². The van der Waals surface area contributed by atoms with Gasteiger partial charge in [0.15, 0.2) is 0 Å². The first kappa shape index (κ1) is 15.5. The van der Waals surface area contributed by atoms with Gasteiger partial charge in [0.05, 0.1) is 7.11 Å². The van der Waals surface area contributed by atoms with Gasteiger partial charge in [-0.25, -0.2) is 0 Å². The topological polar surface area (TPSA) is 55.4 Å². The maximum Gasteiger partial charge on any atom is 0.325 e. The van der Waals surface area contributed by atoms with E-state index in [1.807, 2.05) is 6.07 Å². The van der Waals surface area contributed by atoms with E-state index in [4.69, 9.17) is 11.6 Å². The van der Waals surface area contributed by atoms with Crippen molar-refractivity contribution in [3.63, 3.8) is 0 Å². The van der Waals surface area contributed by atoms with Crippen molar-refractivity contribution >= 4 is 55.3 Å². The van der Waals surface area contributed by atoms with Crippen LogP contribution in [-0.2, 0) is 9.53 Å². The molecular weight excluding hydrogens is 389 g/mol. The third kappa shape index (κ3) is 4.59. The second-order valence-corrected chi connectivity index (χ2v) is 5.72. The minimum absolute atomic E-state index is 0.0111. The smallest absolute Gasteiger partial charge is 0.325 e. The van der Waals surface area contributed by atoms with Crippen LogP contribution >= 0.6 is 43.5 Å². The molecule has 0 spiro atoms. The van der Waals surface area contributed by atoms with Crippen molar-refractivity contribution in [2.24, 2.45) is 0 Å². The Labute approximate surface area is 126 Å². The number of esters is 1. The Balaban J connectivity index is 2.63. The molecule has 0 aromatic heterocycles. The first-order valence-electron chi connectivity index (χ1n) is 4.90. The van der Waals surface area contributed by atoms with Crippen molar-refractivity contribution < 1.29 is 14.3 Å². The summed E-state index contributed by atoms with van der Waals surface area (Å²) in [5.41, 5.74) is 0.463. The van der Waals surface area contributed by atoms with Gasteiger partial charge >= 0.3 is 5.97 Å². The van der Waals surface area contributed by atoms with E-state index in [1.54, 1.807) is 12.1 Å². The van der Waals surface area contributed by atoms with Crippen LogP contribution in [0.15, 0.2) is 27.1 Å². The number of hydrogen-bond acceptors (Lipinski definition) is 3. The van der Waals surface area contributed by atoms with Gasteiger partial charge in [-0.15, -0.1) is 11.6 Å². The molecule has 1 rings (SSSR count). The highest BCUT2D eigenvalue weighted by Gasteiger charge is 2.17. The minimum atomic E-state index is -0.894. The van der Waals surface area contributed by atoms with Crippen molar-refractivity contribution in [2.75, 3.05) is 13.7 Å². The summed E-state index contributed by atoms with van der Waals surface area (Å²) < 4.78 is 6.00. The summed E-state index contributed by atoms with van der Waals surface area (Å²) in [5, 5.41) is 1.66. The van der Waals surface area contributed by atoms with Gasteiger partial charge in [-0.1, -0.05) is 31.9 Å². The van der Waals surface area contributed by atoms with Gasteiger partial charge in [0.25, 0.3) is 5.91 Å². The van der Waals surface area contributed by atoms with Gasteiger partial charge in [-0.05, 0) is 18.2 Å². The third-order valence-corrected chi connectivity index (χ3v) is 3.27. The van der Waals surface area contributed by atoms with Crippen LogP contribution in [0.1, 0.15) is 10.4 Å². The zero-order valence-corrected chi connectivity index (χ0v) is 13.3. The molecule has 4 nitrogen and oxygen atoms in total. The highest BCUT2D eigenvalue weighted by atomic mass is 79.9. The Bertz CT molecular complexity index is 447. The summed E-state index contributed by atoms with van der Waals surface area (Å²) in [6.45, 7) is 0.0111. The number of carbonyl (C=O) groups excluding carboxylic acids is 2. The normalized spacial score (nSPS) is 11.8. The van der Waals surface area contributed by atoms with E-state index in [9.17, 15) is 9.59 Å². The largest absolute Gasteiger partial charge is 0.468 e. The highest BCUT2D eigenvalue weighted by Crippen LogP contribution is 2.20. The summed E-state index contributed by atoms with van der Waals surface area (Å²) in [6.07, 6.45) is 0. The molecule has 1 aromatic rings. The fourth-order valence-corrected chi connectivity index (χ4v) is 2.64. The van der Waals surface area contributed by atoms with Crippen molar-refractivity contribution in [1.29, 1.82) is 0 Å². The van der Waals surface area contributed by atoms with E-state index >= 15 is 0 Å². The van der Waals surface area contributed by atoms with E-state index < -0.39 is 11.3 Å². The molecule has 1 atom stereocenters. The van der Waals surface area contributed by atoms with Gasteiger partial charge < -0.3 is 10.1 Å². The summed E-state index contributed by atoms with van der Waals surface area (Å²) in [5.74, 6) is -0.890. The molecule has 0 fully saturated rings.